The van der Waals surface area contributed by atoms with Crippen LogP contribution in [0.5, 0.6) is 5.75 Å². The summed E-state index contributed by atoms with van der Waals surface area (Å²) >= 11 is 0. The lowest BCUT2D eigenvalue weighted by Gasteiger charge is -2.05. The van der Waals surface area contributed by atoms with E-state index in [0.29, 0.717) is 5.88 Å². The maximum atomic E-state index is 9.25. The van der Waals surface area contributed by atoms with Crippen molar-refractivity contribution in [3.8, 4) is 5.75 Å². The first-order chi connectivity index (χ1) is 7.81. The summed E-state index contributed by atoms with van der Waals surface area (Å²) in [5.74, 6) is 0.881. The molecule has 0 saturated carbocycles. The molecular weight excluding hydrogens is 218 g/mol. The Bertz CT molecular complexity index is 441. The van der Waals surface area contributed by atoms with Gasteiger partial charge >= 0.3 is 0 Å². The van der Waals surface area contributed by atoms with Crippen LogP contribution in [-0.4, -0.2) is 11.0 Å². The van der Waals surface area contributed by atoms with Crippen molar-refractivity contribution in [1.29, 1.82) is 0 Å². The molecular formula is C13H14NOS+. The standard InChI is InChI=1S/C13H13NOS/c14-10-16(12-4-2-1-3-5-12)13-8-6-11(15)7-9-13/h1-9H,10,14H2/p+1. The lowest BCUT2D eigenvalue weighted by atomic mass is 10.3. The average molecular weight is 232 g/mol. The molecule has 2 aromatic carbocycles. The molecule has 0 spiro atoms. The number of benzene rings is 2. The van der Waals surface area contributed by atoms with Gasteiger partial charge in [0.05, 0.1) is 10.9 Å². The van der Waals surface area contributed by atoms with Gasteiger partial charge in [-0.3, -0.25) is 5.73 Å². The van der Waals surface area contributed by atoms with Crippen molar-refractivity contribution >= 4 is 10.9 Å². The highest BCUT2D eigenvalue weighted by atomic mass is 32.2. The van der Waals surface area contributed by atoms with E-state index in [2.05, 4.69) is 12.1 Å². The number of phenols is 1. The molecule has 0 saturated heterocycles. The summed E-state index contributed by atoms with van der Waals surface area (Å²) < 4.78 is 0. The van der Waals surface area contributed by atoms with Crippen LogP contribution in [-0.2, 0) is 10.9 Å². The Kier molecular flexibility index (Phi) is 3.49. The van der Waals surface area contributed by atoms with Crippen molar-refractivity contribution in [2.45, 2.75) is 9.79 Å². The zero-order chi connectivity index (χ0) is 11.4. The van der Waals surface area contributed by atoms with Crippen LogP contribution in [0.1, 0.15) is 0 Å². The number of hydrogen-bond donors (Lipinski definition) is 2. The van der Waals surface area contributed by atoms with Crippen LogP contribution in [0, 0.1) is 0 Å². The van der Waals surface area contributed by atoms with Crippen molar-refractivity contribution in [3.05, 3.63) is 54.6 Å². The van der Waals surface area contributed by atoms with E-state index in [9.17, 15) is 5.11 Å². The smallest absolute Gasteiger partial charge is 0.168 e. The molecule has 2 rings (SSSR count). The van der Waals surface area contributed by atoms with Crippen molar-refractivity contribution in [1.82, 2.24) is 0 Å². The Morgan fingerprint density at radius 3 is 2.00 bits per heavy atom. The molecule has 2 aromatic rings. The van der Waals surface area contributed by atoms with E-state index in [1.807, 2.05) is 30.3 Å². The van der Waals surface area contributed by atoms with Crippen molar-refractivity contribution in [2.24, 2.45) is 5.73 Å². The summed E-state index contributed by atoms with van der Waals surface area (Å²) in [5.41, 5.74) is 5.82. The third kappa shape index (κ3) is 2.38. The molecule has 0 amide bonds. The van der Waals surface area contributed by atoms with Gasteiger partial charge in [-0.1, -0.05) is 18.2 Å². The van der Waals surface area contributed by atoms with Crippen LogP contribution < -0.4 is 5.73 Å². The molecule has 0 bridgehead atoms. The average Bonchev–Trinajstić information content (AvgIpc) is 2.34. The van der Waals surface area contributed by atoms with Gasteiger partial charge in [-0.05, 0) is 36.4 Å². The molecule has 1 atom stereocenters. The van der Waals surface area contributed by atoms with E-state index in [1.54, 1.807) is 12.1 Å². The van der Waals surface area contributed by atoms with Crippen LogP contribution in [0.25, 0.3) is 0 Å². The number of phenolic OH excluding ortho intramolecular Hbond substituents is 1. The van der Waals surface area contributed by atoms with Gasteiger partial charge in [0, 0.05) is 0 Å². The minimum atomic E-state index is -0.0998. The van der Waals surface area contributed by atoms with E-state index in [4.69, 9.17) is 5.73 Å². The van der Waals surface area contributed by atoms with E-state index in [1.165, 1.54) is 4.90 Å². The third-order valence-corrected chi connectivity index (χ3v) is 4.33. The maximum Gasteiger partial charge on any atom is 0.168 e. The Labute approximate surface area is 98.1 Å². The first kappa shape index (κ1) is 11.0. The molecule has 0 aromatic heterocycles. The van der Waals surface area contributed by atoms with Crippen LogP contribution in [0.15, 0.2) is 64.4 Å². The molecule has 1 unspecified atom stereocenters. The molecule has 0 aliphatic carbocycles. The summed E-state index contributed by atoms with van der Waals surface area (Å²) in [5, 5.41) is 9.25. The van der Waals surface area contributed by atoms with E-state index < -0.39 is 0 Å². The molecule has 3 N–H and O–H groups in total. The van der Waals surface area contributed by atoms with Gasteiger partial charge in [0.1, 0.15) is 5.75 Å². The minimum Gasteiger partial charge on any atom is -0.508 e. The zero-order valence-electron chi connectivity index (χ0n) is 8.84. The predicted molar refractivity (Wildman–Crippen MR) is 67.5 cm³/mol. The lowest BCUT2D eigenvalue weighted by molar-refractivity contribution is 0.475. The lowest BCUT2D eigenvalue weighted by Crippen LogP contribution is -2.15. The van der Waals surface area contributed by atoms with Crippen molar-refractivity contribution < 1.29 is 5.11 Å². The Morgan fingerprint density at radius 1 is 0.875 bits per heavy atom. The van der Waals surface area contributed by atoms with Gasteiger partial charge in [-0.2, -0.15) is 0 Å². The number of aromatic hydroxyl groups is 1. The maximum absolute atomic E-state index is 9.25. The fraction of sp³-hybridized carbons (Fsp3) is 0.0769. The van der Waals surface area contributed by atoms with Gasteiger partial charge in [0.15, 0.2) is 15.7 Å². The zero-order valence-corrected chi connectivity index (χ0v) is 9.65. The van der Waals surface area contributed by atoms with Crippen LogP contribution in [0.3, 0.4) is 0 Å². The molecule has 2 nitrogen and oxygen atoms in total. The van der Waals surface area contributed by atoms with Crippen LogP contribution in [0.4, 0.5) is 0 Å². The topological polar surface area (TPSA) is 46.2 Å². The number of nitrogens with two attached hydrogens (primary N) is 1. The van der Waals surface area contributed by atoms with Crippen molar-refractivity contribution in [2.75, 3.05) is 5.88 Å². The van der Waals surface area contributed by atoms with Gasteiger partial charge in [0.2, 0.25) is 0 Å². The molecule has 0 aliphatic rings. The van der Waals surface area contributed by atoms with Gasteiger partial charge in [-0.25, -0.2) is 0 Å². The molecule has 0 radical (unpaired) electrons. The quantitative estimate of drug-likeness (QED) is 0.798. The summed E-state index contributed by atoms with van der Waals surface area (Å²) in [6.45, 7) is 0. The second kappa shape index (κ2) is 5.05. The summed E-state index contributed by atoms with van der Waals surface area (Å²) in [6, 6.07) is 17.5. The summed E-state index contributed by atoms with van der Waals surface area (Å²) in [6.07, 6.45) is 0. The molecule has 3 heteroatoms. The Balaban J connectivity index is 2.33. The van der Waals surface area contributed by atoms with E-state index in [-0.39, 0.29) is 16.6 Å². The normalized spacial score (nSPS) is 12.3. The fourth-order valence-corrected chi connectivity index (χ4v) is 3.13. The highest BCUT2D eigenvalue weighted by Crippen LogP contribution is 2.23. The summed E-state index contributed by atoms with van der Waals surface area (Å²) in [7, 11) is -0.0998. The van der Waals surface area contributed by atoms with E-state index >= 15 is 0 Å². The van der Waals surface area contributed by atoms with Crippen LogP contribution in [0.2, 0.25) is 0 Å². The molecule has 16 heavy (non-hydrogen) atoms. The predicted octanol–water partition coefficient (Wildman–Crippen LogP) is 2.34. The van der Waals surface area contributed by atoms with Gasteiger partial charge < -0.3 is 5.11 Å². The highest BCUT2D eigenvalue weighted by Gasteiger charge is 2.22. The molecule has 0 heterocycles. The minimum absolute atomic E-state index is 0.0998. The van der Waals surface area contributed by atoms with Gasteiger partial charge in [-0.15, -0.1) is 0 Å². The van der Waals surface area contributed by atoms with E-state index in [0.717, 1.165) is 4.90 Å². The number of hydrogen-bond acceptors (Lipinski definition) is 2. The fourth-order valence-electron chi connectivity index (χ4n) is 1.52. The summed E-state index contributed by atoms with van der Waals surface area (Å²) in [4.78, 5) is 2.39. The van der Waals surface area contributed by atoms with Crippen molar-refractivity contribution in [3.63, 3.8) is 0 Å². The molecule has 82 valence electrons. The molecule has 0 fully saturated rings. The Hall–Kier alpha value is -1.45. The monoisotopic (exact) mass is 232 g/mol. The second-order valence-electron chi connectivity index (χ2n) is 3.36. The number of rotatable bonds is 3. The van der Waals surface area contributed by atoms with Gasteiger partial charge in [0.25, 0.3) is 0 Å². The third-order valence-electron chi connectivity index (χ3n) is 2.32. The Morgan fingerprint density at radius 2 is 1.44 bits per heavy atom. The first-order valence-electron chi connectivity index (χ1n) is 5.06. The highest BCUT2D eigenvalue weighted by molar-refractivity contribution is 7.97. The SMILES string of the molecule is NC[S+](c1ccccc1)c1ccc(O)cc1. The largest absolute Gasteiger partial charge is 0.508 e. The van der Waals surface area contributed by atoms with Crippen LogP contribution >= 0.6 is 0 Å². The first-order valence-corrected chi connectivity index (χ1v) is 6.45. The second-order valence-corrected chi connectivity index (χ2v) is 5.42. The molecule has 0 aliphatic heterocycles.